The third-order valence-corrected chi connectivity index (χ3v) is 1.87. The van der Waals surface area contributed by atoms with Crippen LogP contribution in [0, 0.1) is 0 Å². The number of nitrogens with zero attached hydrogens (tertiary/aromatic N) is 1. The molecule has 0 aliphatic carbocycles. The second-order valence-electron chi connectivity index (χ2n) is 3.19. The number of rotatable bonds is 2. The molecular weight excluding hydrogens is 190 g/mol. The first-order chi connectivity index (χ1) is 7.11. The fourth-order valence-electron chi connectivity index (χ4n) is 1.10. The third-order valence-electron chi connectivity index (χ3n) is 1.87. The van der Waals surface area contributed by atoms with Crippen LogP contribution in [0.25, 0.3) is 0 Å². The maximum atomic E-state index is 10.8. The Kier molecular flexibility index (Phi) is 3.85. The molecule has 0 aliphatic heterocycles. The molecule has 4 nitrogen and oxygen atoms in total. The summed E-state index contributed by atoms with van der Waals surface area (Å²) in [6, 6.07) is 7.46. The predicted octanol–water partition coefficient (Wildman–Crippen LogP) is 2.11. The lowest BCUT2D eigenvalue weighted by molar-refractivity contribution is -0.114. The van der Waals surface area contributed by atoms with Gasteiger partial charge in [0.25, 0.3) is 0 Å². The molecule has 80 valence electrons. The zero-order valence-corrected chi connectivity index (χ0v) is 9.16. The molecule has 1 rings (SSSR count). The summed E-state index contributed by atoms with van der Waals surface area (Å²) in [4.78, 5) is 14.8. The molecule has 15 heavy (non-hydrogen) atoms. The van der Waals surface area contributed by atoms with Gasteiger partial charge in [-0.3, -0.25) is 9.79 Å². The van der Waals surface area contributed by atoms with Gasteiger partial charge in [-0.15, -0.1) is 0 Å². The topological polar surface area (TPSA) is 53.5 Å². The lowest BCUT2D eigenvalue weighted by Gasteiger charge is -2.06. The Morgan fingerprint density at radius 2 is 1.53 bits per heavy atom. The van der Waals surface area contributed by atoms with Gasteiger partial charge < -0.3 is 10.6 Å². The van der Waals surface area contributed by atoms with E-state index < -0.39 is 0 Å². The smallest absolute Gasteiger partial charge is 0.221 e. The third kappa shape index (κ3) is 3.81. The van der Waals surface area contributed by atoms with Gasteiger partial charge in [-0.05, 0) is 31.2 Å². The van der Waals surface area contributed by atoms with Gasteiger partial charge in [-0.2, -0.15) is 0 Å². The van der Waals surface area contributed by atoms with E-state index in [-0.39, 0.29) is 5.91 Å². The second kappa shape index (κ2) is 5.14. The lowest BCUT2D eigenvalue weighted by atomic mass is 10.2. The minimum Gasteiger partial charge on any atom is -0.344 e. The van der Waals surface area contributed by atoms with Crippen LogP contribution in [0.15, 0.2) is 29.3 Å². The van der Waals surface area contributed by atoms with Crippen LogP contribution >= 0.6 is 0 Å². The van der Waals surface area contributed by atoms with E-state index in [4.69, 9.17) is 0 Å². The van der Waals surface area contributed by atoms with Crippen LogP contribution in [0.4, 0.5) is 11.4 Å². The number of carbonyl (C=O) groups excluding carboxylic acids is 1. The Morgan fingerprint density at radius 3 is 1.93 bits per heavy atom. The number of nitrogens with one attached hydrogen (secondary N) is 2. The molecule has 0 atom stereocenters. The highest BCUT2D eigenvalue weighted by atomic mass is 16.1. The highest BCUT2D eigenvalue weighted by Crippen LogP contribution is 2.13. The summed E-state index contributed by atoms with van der Waals surface area (Å²) in [7, 11) is 1.73. The molecule has 0 saturated heterocycles. The fraction of sp³-hybridized carbons (Fsp3) is 0.273. The van der Waals surface area contributed by atoms with Gasteiger partial charge in [0.05, 0.1) is 5.84 Å². The highest BCUT2D eigenvalue weighted by Gasteiger charge is 1.96. The molecule has 0 spiro atoms. The van der Waals surface area contributed by atoms with Crippen molar-refractivity contribution >= 4 is 23.1 Å². The summed E-state index contributed by atoms with van der Waals surface area (Å²) in [5, 5.41) is 5.81. The lowest BCUT2D eigenvalue weighted by Crippen LogP contribution is -2.08. The largest absolute Gasteiger partial charge is 0.344 e. The zero-order valence-electron chi connectivity index (χ0n) is 9.16. The molecule has 1 aromatic carbocycles. The van der Waals surface area contributed by atoms with Crippen molar-refractivity contribution in [2.45, 2.75) is 13.8 Å². The normalized spacial score (nSPS) is 11.0. The van der Waals surface area contributed by atoms with Crippen molar-refractivity contribution in [2.75, 3.05) is 17.7 Å². The molecule has 0 radical (unpaired) electrons. The maximum Gasteiger partial charge on any atom is 0.221 e. The highest BCUT2D eigenvalue weighted by molar-refractivity contribution is 5.94. The van der Waals surface area contributed by atoms with Crippen molar-refractivity contribution in [3.05, 3.63) is 24.3 Å². The number of benzene rings is 1. The number of amides is 1. The summed E-state index contributed by atoms with van der Waals surface area (Å²) in [6.45, 7) is 3.38. The molecule has 1 aromatic rings. The van der Waals surface area contributed by atoms with Gasteiger partial charge in [0.15, 0.2) is 0 Å². The van der Waals surface area contributed by atoms with E-state index in [2.05, 4.69) is 15.6 Å². The minimum atomic E-state index is -0.0676. The van der Waals surface area contributed by atoms with Gasteiger partial charge in [0.1, 0.15) is 0 Å². The van der Waals surface area contributed by atoms with Crippen molar-refractivity contribution in [1.29, 1.82) is 0 Å². The van der Waals surface area contributed by atoms with Crippen LogP contribution in [0.5, 0.6) is 0 Å². The number of aliphatic imine (C=N–C) groups is 1. The average molecular weight is 205 g/mol. The van der Waals surface area contributed by atoms with Crippen molar-refractivity contribution in [1.82, 2.24) is 0 Å². The molecule has 0 fully saturated rings. The van der Waals surface area contributed by atoms with Crippen LogP contribution < -0.4 is 10.6 Å². The summed E-state index contributed by atoms with van der Waals surface area (Å²) in [5.41, 5.74) is 1.74. The van der Waals surface area contributed by atoms with Crippen LogP contribution in [-0.4, -0.2) is 18.8 Å². The first-order valence-electron chi connectivity index (χ1n) is 4.70. The summed E-state index contributed by atoms with van der Waals surface area (Å²) < 4.78 is 0. The van der Waals surface area contributed by atoms with E-state index in [0.29, 0.717) is 0 Å². The zero-order chi connectivity index (χ0) is 11.3. The van der Waals surface area contributed by atoms with Gasteiger partial charge in [-0.25, -0.2) is 0 Å². The van der Waals surface area contributed by atoms with E-state index in [1.54, 1.807) is 7.05 Å². The van der Waals surface area contributed by atoms with Crippen LogP contribution in [0.2, 0.25) is 0 Å². The Morgan fingerprint density at radius 1 is 1.07 bits per heavy atom. The first-order valence-corrected chi connectivity index (χ1v) is 4.70. The standard InChI is InChI=1S/C11H15N3O/c1-8(12-3)13-10-4-6-11(7-5-10)14-9(2)15/h4-7H,1-3H3,(H,12,13)(H,14,15). The molecule has 0 saturated carbocycles. The second-order valence-corrected chi connectivity index (χ2v) is 3.19. The number of anilines is 2. The molecule has 0 bridgehead atoms. The Balaban J connectivity index is 2.68. The Labute approximate surface area is 89.4 Å². The van der Waals surface area contributed by atoms with E-state index in [1.165, 1.54) is 6.92 Å². The average Bonchev–Trinajstić information content (AvgIpc) is 2.20. The van der Waals surface area contributed by atoms with Gasteiger partial charge in [0.2, 0.25) is 5.91 Å². The Bertz CT molecular complexity index is 368. The van der Waals surface area contributed by atoms with E-state index >= 15 is 0 Å². The van der Waals surface area contributed by atoms with Gasteiger partial charge >= 0.3 is 0 Å². The number of carbonyl (C=O) groups is 1. The molecule has 2 N–H and O–H groups in total. The van der Waals surface area contributed by atoms with Crippen LogP contribution in [0.1, 0.15) is 13.8 Å². The van der Waals surface area contributed by atoms with E-state index in [9.17, 15) is 4.79 Å². The summed E-state index contributed by atoms with van der Waals surface area (Å²) in [5.74, 6) is 0.782. The Hall–Kier alpha value is -1.84. The molecule has 0 heterocycles. The molecule has 0 unspecified atom stereocenters. The number of amidine groups is 1. The van der Waals surface area contributed by atoms with Gasteiger partial charge in [0, 0.05) is 25.3 Å². The van der Waals surface area contributed by atoms with Crippen molar-refractivity contribution < 1.29 is 4.79 Å². The first kappa shape index (κ1) is 11.2. The monoisotopic (exact) mass is 205 g/mol. The van der Waals surface area contributed by atoms with Crippen LogP contribution in [-0.2, 0) is 4.79 Å². The van der Waals surface area contributed by atoms with Gasteiger partial charge in [-0.1, -0.05) is 0 Å². The molecule has 1 amide bonds. The van der Waals surface area contributed by atoms with E-state index in [1.807, 2.05) is 31.2 Å². The number of hydrogen-bond acceptors (Lipinski definition) is 2. The van der Waals surface area contributed by atoms with Crippen molar-refractivity contribution in [3.63, 3.8) is 0 Å². The number of hydrogen-bond donors (Lipinski definition) is 2. The maximum absolute atomic E-state index is 10.8. The molecular formula is C11H15N3O. The van der Waals surface area contributed by atoms with E-state index in [0.717, 1.165) is 17.2 Å². The molecule has 0 aliphatic rings. The molecule has 4 heteroatoms. The summed E-state index contributed by atoms with van der Waals surface area (Å²) >= 11 is 0. The molecule has 0 aromatic heterocycles. The van der Waals surface area contributed by atoms with Crippen molar-refractivity contribution in [3.8, 4) is 0 Å². The predicted molar refractivity (Wildman–Crippen MR) is 63.4 cm³/mol. The van der Waals surface area contributed by atoms with Crippen molar-refractivity contribution in [2.24, 2.45) is 4.99 Å². The summed E-state index contributed by atoms with van der Waals surface area (Å²) in [6.07, 6.45) is 0. The SMILES string of the molecule is CN=C(C)Nc1ccc(NC(C)=O)cc1. The quantitative estimate of drug-likeness (QED) is 0.574. The minimum absolute atomic E-state index is 0.0676. The fourth-order valence-corrected chi connectivity index (χ4v) is 1.10. The van der Waals surface area contributed by atoms with Crippen LogP contribution in [0.3, 0.4) is 0 Å².